The SMILES string of the molecule is Cc1cc(S(=O)(=O)NC2(C(F)(F)F)CC2)ccc1Br. The van der Waals surface area contributed by atoms with Crippen molar-refractivity contribution in [1.29, 1.82) is 0 Å². The highest BCUT2D eigenvalue weighted by atomic mass is 79.9. The second-order valence-electron chi connectivity index (χ2n) is 4.60. The molecule has 0 aromatic heterocycles. The molecule has 0 aliphatic heterocycles. The number of hydrogen-bond donors (Lipinski definition) is 1. The lowest BCUT2D eigenvalue weighted by molar-refractivity contribution is -0.160. The molecule has 1 aromatic carbocycles. The minimum absolute atomic E-state index is 0.163. The average Bonchev–Trinajstić information content (AvgIpc) is 3.01. The highest BCUT2D eigenvalue weighted by Crippen LogP contribution is 2.49. The summed E-state index contributed by atoms with van der Waals surface area (Å²) in [5.74, 6) is 0. The van der Waals surface area contributed by atoms with Crippen molar-refractivity contribution in [1.82, 2.24) is 4.72 Å². The first-order valence-corrected chi connectivity index (χ1v) is 7.72. The van der Waals surface area contributed by atoms with Crippen LogP contribution in [0.3, 0.4) is 0 Å². The minimum atomic E-state index is -4.57. The summed E-state index contributed by atoms with van der Waals surface area (Å²) in [6.07, 6.45) is -5.00. The van der Waals surface area contributed by atoms with Gasteiger partial charge >= 0.3 is 6.18 Å². The summed E-state index contributed by atoms with van der Waals surface area (Å²) in [5.41, 5.74) is -1.65. The summed E-state index contributed by atoms with van der Waals surface area (Å²) in [5, 5.41) is 0. The second kappa shape index (κ2) is 4.46. The Bertz CT molecular complexity index is 609. The van der Waals surface area contributed by atoms with Crippen LogP contribution < -0.4 is 4.72 Å². The molecular formula is C11H11BrF3NO2S. The van der Waals surface area contributed by atoms with E-state index in [9.17, 15) is 21.6 Å². The molecule has 8 heteroatoms. The van der Waals surface area contributed by atoms with Gasteiger partial charge in [0, 0.05) is 4.47 Å². The summed E-state index contributed by atoms with van der Waals surface area (Å²) in [6, 6.07) is 4.10. The minimum Gasteiger partial charge on any atom is -0.207 e. The number of benzene rings is 1. The van der Waals surface area contributed by atoms with Crippen LogP contribution >= 0.6 is 15.9 Å². The van der Waals surface area contributed by atoms with E-state index in [0.717, 1.165) is 0 Å². The molecule has 0 spiro atoms. The molecular weight excluding hydrogens is 347 g/mol. The molecule has 0 heterocycles. The fraction of sp³-hybridized carbons (Fsp3) is 0.455. The zero-order chi connectivity index (χ0) is 14.5. The highest BCUT2D eigenvalue weighted by molar-refractivity contribution is 9.10. The predicted octanol–water partition coefficient (Wildman–Crippen LogP) is 3.13. The Morgan fingerprint density at radius 2 is 1.89 bits per heavy atom. The van der Waals surface area contributed by atoms with Crippen LogP contribution in [0.25, 0.3) is 0 Å². The largest absolute Gasteiger partial charge is 0.407 e. The molecule has 0 bridgehead atoms. The molecule has 3 nitrogen and oxygen atoms in total. The molecule has 0 radical (unpaired) electrons. The van der Waals surface area contributed by atoms with Crippen molar-refractivity contribution in [3.05, 3.63) is 28.2 Å². The Morgan fingerprint density at radius 1 is 1.32 bits per heavy atom. The number of alkyl halides is 3. The number of hydrogen-bond acceptors (Lipinski definition) is 2. The van der Waals surface area contributed by atoms with Crippen molar-refractivity contribution in [2.24, 2.45) is 0 Å². The fourth-order valence-corrected chi connectivity index (χ4v) is 3.45. The average molecular weight is 358 g/mol. The van der Waals surface area contributed by atoms with Gasteiger partial charge in [-0.3, -0.25) is 0 Å². The third kappa shape index (κ3) is 2.80. The van der Waals surface area contributed by atoms with Crippen molar-refractivity contribution in [2.75, 3.05) is 0 Å². The van der Waals surface area contributed by atoms with Crippen LogP contribution in [0.2, 0.25) is 0 Å². The van der Waals surface area contributed by atoms with Crippen molar-refractivity contribution in [3.63, 3.8) is 0 Å². The van der Waals surface area contributed by atoms with Crippen LogP contribution in [-0.4, -0.2) is 20.1 Å². The molecule has 1 saturated carbocycles. The molecule has 1 aliphatic carbocycles. The molecule has 1 fully saturated rings. The quantitative estimate of drug-likeness (QED) is 0.903. The van der Waals surface area contributed by atoms with E-state index in [0.29, 0.717) is 10.0 Å². The van der Waals surface area contributed by atoms with Gasteiger partial charge in [0.15, 0.2) is 0 Å². The molecule has 0 atom stereocenters. The Morgan fingerprint density at radius 3 is 2.32 bits per heavy atom. The first-order valence-electron chi connectivity index (χ1n) is 5.44. The first-order chi connectivity index (χ1) is 8.57. The van der Waals surface area contributed by atoms with Crippen molar-refractivity contribution in [2.45, 2.75) is 36.4 Å². The molecule has 0 saturated heterocycles. The number of aryl methyl sites for hydroxylation is 1. The van der Waals surface area contributed by atoms with Gasteiger partial charge in [-0.1, -0.05) is 15.9 Å². The van der Waals surface area contributed by atoms with Gasteiger partial charge in [-0.05, 0) is 43.5 Å². The lowest BCUT2D eigenvalue weighted by Gasteiger charge is -2.20. The van der Waals surface area contributed by atoms with Crippen LogP contribution in [0, 0.1) is 6.92 Å². The van der Waals surface area contributed by atoms with E-state index in [1.54, 1.807) is 11.6 Å². The van der Waals surface area contributed by atoms with Crippen LogP contribution in [0.15, 0.2) is 27.6 Å². The molecule has 106 valence electrons. The smallest absolute Gasteiger partial charge is 0.207 e. The standard InChI is InChI=1S/C11H11BrF3NO2S/c1-7-6-8(2-3-9(7)12)19(17,18)16-10(4-5-10)11(13,14)15/h2-3,6,16H,4-5H2,1H3. The number of halogens is 4. The normalized spacial score (nSPS) is 18.4. The van der Waals surface area contributed by atoms with Gasteiger partial charge in [-0.15, -0.1) is 0 Å². The zero-order valence-electron chi connectivity index (χ0n) is 9.88. The van der Waals surface area contributed by atoms with Crippen LogP contribution in [0.5, 0.6) is 0 Å². The van der Waals surface area contributed by atoms with Crippen LogP contribution in [0.4, 0.5) is 13.2 Å². The van der Waals surface area contributed by atoms with E-state index in [2.05, 4.69) is 15.9 Å². The summed E-state index contributed by atoms with van der Waals surface area (Å²) >= 11 is 3.21. The van der Waals surface area contributed by atoms with Gasteiger partial charge in [0.05, 0.1) is 4.90 Å². The molecule has 2 rings (SSSR count). The fourth-order valence-electron chi connectivity index (χ4n) is 1.67. The van der Waals surface area contributed by atoms with Crippen molar-refractivity contribution < 1.29 is 21.6 Å². The molecule has 19 heavy (non-hydrogen) atoms. The lowest BCUT2D eigenvalue weighted by atomic mass is 10.2. The van der Waals surface area contributed by atoms with E-state index < -0.39 is 21.7 Å². The molecule has 1 N–H and O–H groups in total. The summed E-state index contributed by atoms with van der Waals surface area (Å²) in [4.78, 5) is -0.163. The van der Waals surface area contributed by atoms with Gasteiger partial charge in [0.2, 0.25) is 10.0 Å². The summed E-state index contributed by atoms with van der Waals surface area (Å²) < 4.78 is 64.7. The van der Waals surface area contributed by atoms with E-state index in [1.165, 1.54) is 18.2 Å². The molecule has 0 unspecified atom stereocenters. The Hall–Kier alpha value is -0.600. The topological polar surface area (TPSA) is 46.2 Å². The molecule has 1 aromatic rings. The zero-order valence-corrected chi connectivity index (χ0v) is 12.3. The molecule has 1 aliphatic rings. The third-order valence-electron chi connectivity index (χ3n) is 3.06. The number of sulfonamides is 1. The Kier molecular flexibility index (Phi) is 3.47. The molecule has 0 amide bonds. The number of nitrogens with one attached hydrogen (secondary N) is 1. The van der Waals surface area contributed by atoms with Gasteiger partial charge in [0.25, 0.3) is 0 Å². The van der Waals surface area contributed by atoms with Crippen molar-refractivity contribution >= 4 is 26.0 Å². The summed E-state index contributed by atoms with van der Waals surface area (Å²) in [7, 11) is -4.17. The van der Waals surface area contributed by atoms with Crippen LogP contribution in [0.1, 0.15) is 18.4 Å². The summed E-state index contributed by atoms with van der Waals surface area (Å²) in [6.45, 7) is 1.67. The third-order valence-corrected chi connectivity index (χ3v) is 5.49. The highest BCUT2D eigenvalue weighted by Gasteiger charge is 2.65. The van der Waals surface area contributed by atoms with E-state index in [1.807, 2.05) is 0 Å². The maximum absolute atomic E-state index is 12.8. The van der Waals surface area contributed by atoms with E-state index >= 15 is 0 Å². The van der Waals surface area contributed by atoms with Gasteiger partial charge in [-0.2, -0.15) is 17.9 Å². The van der Waals surface area contributed by atoms with Crippen LogP contribution in [-0.2, 0) is 10.0 Å². The van der Waals surface area contributed by atoms with Crippen molar-refractivity contribution in [3.8, 4) is 0 Å². The number of rotatable bonds is 3. The van der Waals surface area contributed by atoms with Gasteiger partial charge in [-0.25, -0.2) is 8.42 Å². The van der Waals surface area contributed by atoms with E-state index in [-0.39, 0.29) is 17.7 Å². The van der Waals surface area contributed by atoms with Gasteiger partial charge in [0.1, 0.15) is 5.54 Å². The maximum Gasteiger partial charge on any atom is 0.407 e. The predicted molar refractivity (Wildman–Crippen MR) is 67.2 cm³/mol. The first kappa shape index (κ1) is 14.8. The monoisotopic (exact) mass is 357 g/mol. The maximum atomic E-state index is 12.8. The Labute approximate surface area is 117 Å². The van der Waals surface area contributed by atoms with Gasteiger partial charge < -0.3 is 0 Å². The second-order valence-corrected chi connectivity index (χ2v) is 7.13. The Balaban J connectivity index is 2.31. The van der Waals surface area contributed by atoms with E-state index in [4.69, 9.17) is 0 Å². The lowest BCUT2D eigenvalue weighted by Crippen LogP contribution is -2.47.